The number of oxime groups is 2. The SMILES string of the molecule is CCOC(=O)C1=NOC(c2ccccc2)(c2ccccc2)C1.CCc1cc(C)cc(CC)c1-c1c(OC(=O)C(C)(C)C)n2n(c1=O)CCOCC2.COc1nn(C(=O)NS(=O)(=O)c2ccccc2OC(F)(F)F)c(=O)n1C.Cc1c(C(=O)c2c[nH]n(C)c2=O)ccc(S(C)(=O)=O)c1C1=NOCC1. The van der Waals surface area contributed by atoms with Gasteiger partial charge in [-0.3, -0.25) is 23.9 Å². The minimum atomic E-state index is -5.15. The van der Waals surface area contributed by atoms with E-state index >= 15 is 0 Å². The van der Waals surface area contributed by atoms with Gasteiger partial charge in [-0.2, -0.15) is 0 Å². The van der Waals surface area contributed by atoms with Crippen LogP contribution in [0.4, 0.5) is 18.0 Å². The van der Waals surface area contributed by atoms with Crippen molar-refractivity contribution in [1.29, 1.82) is 0 Å². The van der Waals surface area contributed by atoms with Gasteiger partial charge >= 0.3 is 36.0 Å². The molecule has 0 bridgehead atoms. The van der Waals surface area contributed by atoms with Crippen LogP contribution in [0.15, 0.2) is 150 Å². The van der Waals surface area contributed by atoms with Crippen LogP contribution in [0.2, 0.25) is 0 Å². The van der Waals surface area contributed by atoms with Crippen molar-refractivity contribution in [1.82, 2.24) is 38.2 Å². The third-order valence-corrected chi connectivity index (χ3v) is 18.6. The average molecular weight is 1460 g/mol. The summed E-state index contributed by atoms with van der Waals surface area (Å²) in [4.78, 5) is 96.8. The molecule has 0 saturated carbocycles. The van der Waals surface area contributed by atoms with Crippen LogP contribution >= 0.6 is 0 Å². The first-order valence-corrected chi connectivity index (χ1v) is 35.2. The van der Waals surface area contributed by atoms with Crippen molar-refractivity contribution in [2.45, 2.75) is 116 Å². The maximum absolute atomic E-state index is 13.5. The predicted molar refractivity (Wildman–Crippen MR) is 366 cm³/mol. The summed E-state index contributed by atoms with van der Waals surface area (Å²) in [7, 11) is -4.46. The fraction of sp³-hybridized carbons (Fsp3) is 0.362. The summed E-state index contributed by atoms with van der Waals surface area (Å²) in [5, 5.41) is 14.0. The molecule has 102 heavy (non-hydrogen) atoms. The van der Waals surface area contributed by atoms with Crippen molar-refractivity contribution < 1.29 is 82.5 Å². The van der Waals surface area contributed by atoms with Gasteiger partial charge in [-0.1, -0.05) is 115 Å². The number of nitrogens with one attached hydrogen (secondary N) is 2. The number of rotatable bonds is 16. The van der Waals surface area contributed by atoms with Crippen LogP contribution in [0.5, 0.6) is 17.6 Å². The Hall–Kier alpha value is -10.7. The summed E-state index contributed by atoms with van der Waals surface area (Å²) in [6.07, 6.45) is -0.308. The van der Waals surface area contributed by atoms with Gasteiger partial charge in [-0.05, 0) is 101 Å². The molecule has 6 heterocycles. The maximum Gasteiger partial charge on any atom is 0.573 e. The van der Waals surface area contributed by atoms with Crippen molar-refractivity contribution in [3.05, 3.63) is 197 Å². The van der Waals surface area contributed by atoms with Crippen LogP contribution < -0.4 is 35.7 Å². The molecule has 28 nitrogen and oxygen atoms in total. The second kappa shape index (κ2) is 31.9. The number of ether oxygens (including phenoxy) is 5. The van der Waals surface area contributed by atoms with Crippen LogP contribution in [0, 0.1) is 19.3 Å². The molecule has 0 unspecified atom stereocenters. The minimum Gasteiger partial charge on any atom is -0.467 e. The van der Waals surface area contributed by atoms with E-state index in [1.807, 2.05) is 81.4 Å². The first-order valence-electron chi connectivity index (χ1n) is 31.9. The van der Waals surface area contributed by atoms with E-state index < -0.39 is 76.9 Å². The molecule has 3 aliphatic heterocycles. The Morgan fingerprint density at radius 2 is 1.33 bits per heavy atom. The molecule has 0 atom stereocenters. The van der Waals surface area contributed by atoms with Crippen LogP contribution in [-0.4, -0.2) is 132 Å². The van der Waals surface area contributed by atoms with E-state index in [1.54, 1.807) is 23.2 Å². The molecular formula is C69H77F3N10O18S2. The highest BCUT2D eigenvalue weighted by Crippen LogP contribution is 2.42. The van der Waals surface area contributed by atoms with Crippen LogP contribution in [0.3, 0.4) is 0 Å². The number of sulfonamides is 1. The van der Waals surface area contributed by atoms with Crippen molar-refractivity contribution in [2.24, 2.45) is 29.8 Å². The number of aromatic amines is 1. The summed E-state index contributed by atoms with van der Waals surface area (Å²) in [5.74, 6) is -1.95. The smallest absolute Gasteiger partial charge is 0.467 e. The van der Waals surface area contributed by atoms with E-state index in [1.165, 1.54) is 47.4 Å². The highest BCUT2D eigenvalue weighted by molar-refractivity contribution is 7.91. The number of sulfone groups is 1. The number of amides is 1. The van der Waals surface area contributed by atoms with Crippen molar-refractivity contribution in [3.8, 4) is 28.8 Å². The number of fused-ring (bicyclic) bond motifs is 1. The molecule has 0 aliphatic carbocycles. The topological polar surface area (TPSA) is 342 Å². The van der Waals surface area contributed by atoms with Gasteiger partial charge in [0.05, 0.1) is 62.5 Å². The highest BCUT2D eigenvalue weighted by Gasteiger charge is 2.45. The van der Waals surface area contributed by atoms with Gasteiger partial charge in [0.15, 0.2) is 26.9 Å². The Bertz CT molecular complexity index is 4880. The van der Waals surface area contributed by atoms with Gasteiger partial charge in [-0.15, -0.1) is 23.0 Å². The highest BCUT2D eigenvalue weighted by atomic mass is 32.2. The molecule has 8 aromatic rings. The number of methoxy groups -OCH3 is 1. The maximum atomic E-state index is 13.5. The van der Waals surface area contributed by atoms with Gasteiger partial charge in [-0.25, -0.2) is 49.9 Å². The lowest BCUT2D eigenvalue weighted by Gasteiger charge is -2.27. The number of halogens is 3. The zero-order valence-electron chi connectivity index (χ0n) is 57.9. The standard InChI is InChI=1S/C23H32N2O4.C18H17NO3.C16H17N3O5S.C12H11F3N4O6S/c1-7-16-13-15(3)14-17(8-2)18(16)19-20(26)24-9-11-28-12-10-25(24)21(19)29-22(27)23(4,5)6;1-2-21-17(20)16-13-18(22-19-16,14-9-5-3-6-10-14)15-11-7-4-8-12-15;1-9-10(15(20)11-8-17-19(2)16(11)21)4-5-13(25(3,22)23)14(9)12-6-7-24-18-12;1-18-10(24-2)16-19(11(18)21)9(20)17-26(22,23)8-6-4-3-5-7(8)25-12(13,14)15/h13-14H,7-12H2,1-6H3;3-12H,2,13H2,1H3;4-5,8,17H,6-7H2,1-3H3;3-6H,1-2H3,(H,17,20). The van der Waals surface area contributed by atoms with E-state index in [0.717, 1.165) is 82.9 Å². The Morgan fingerprint density at radius 1 is 0.735 bits per heavy atom. The number of alkyl halides is 3. The predicted octanol–water partition coefficient (Wildman–Crippen LogP) is 8.22. The number of benzene rings is 5. The number of hydrogen-bond donors (Lipinski definition) is 2. The normalized spacial score (nSPS) is 14.0. The minimum absolute atomic E-state index is 0.00623. The molecule has 544 valence electrons. The quantitative estimate of drug-likeness (QED) is 0.0679. The molecule has 3 aliphatic rings. The summed E-state index contributed by atoms with van der Waals surface area (Å²) >= 11 is 0. The fourth-order valence-electron chi connectivity index (χ4n) is 11.1. The van der Waals surface area contributed by atoms with Gasteiger partial charge in [0, 0.05) is 55.2 Å². The van der Waals surface area contributed by atoms with E-state index in [4.69, 9.17) is 28.6 Å². The summed E-state index contributed by atoms with van der Waals surface area (Å²) in [6.45, 7) is 17.6. The molecule has 1 amide bonds. The Morgan fingerprint density at radius 3 is 1.85 bits per heavy atom. The number of hydrogen-bond acceptors (Lipinski definition) is 21. The summed E-state index contributed by atoms with van der Waals surface area (Å²) in [6, 6.07) is 28.7. The summed E-state index contributed by atoms with van der Waals surface area (Å²) in [5.41, 5.74) is 5.54. The zero-order valence-corrected chi connectivity index (χ0v) is 59.6. The van der Waals surface area contributed by atoms with Crippen LogP contribution in [-0.2, 0) is 94.2 Å². The molecule has 11 rings (SSSR count). The molecular weight excluding hydrogens is 1380 g/mol. The third-order valence-electron chi connectivity index (χ3n) is 16.1. The van der Waals surface area contributed by atoms with Crippen molar-refractivity contribution >= 4 is 55.0 Å². The summed E-state index contributed by atoms with van der Waals surface area (Å²) < 4.78 is 118. The van der Waals surface area contributed by atoms with Crippen molar-refractivity contribution in [3.63, 3.8) is 0 Å². The lowest BCUT2D eigenvalue weighted by Crippen LogP contribution is -2.40. The third kappa shape index (κ3) is 17.2. The number of carbonyl (C=O) groups excluding carboxylic acids is 4. The van der Waals surface area contributed by atoms with Crippen LogP contribution in [0.25, 0.3) is 11.1 Å². The fourth-order valence-corrected chi connectivity index (χ4v) is 13.1. The lowest BCUT2D eigenvalue weighted by atomic mass is 9.82. The van der Waals surface area contributed by atoms with Crippen molar-refractivity contribution in [2.75, 3.05) is 39.8 Å². The van der Waals surface area contributed by atoms with E-state index in [2.05, 4.69) is 58.1 Å². The van der Waals surface area contributed by atoms with E-state index in [9.17, 15) is 63.6 Å². The Kier molecular flexibility index (Phi) is 24.1. The molecule has 0 fully saturated rings. The largest absolute Gasteiger partial charge is 0.573 e. The number of ketones is 1. The van der Waals surface area contributed by atoms with Gasteiger partial charge < -0.3 is 38.5 Å². The molecule has 33 heteroatoms. The Balaban J connectivity index is 0.000000173. The lowest BCUT2D eigenvalue weighted by molar-refractivity contribution is -0.275. The number of carbonyl (C=O) groups is 4. The number of H-pyrrole nitrogens is 1. The number of nitrogens with zero attached hydrogens (tertiary/aromatic N) is 8. The molecule has 3 aromatic heterocycles. The molecule has 5 aromatic carbocycles. The molecule has 2 N–H and O–H groups in total. The monoisotopic (exact) mass is 1450 g/mol. The number of esters is 2. The Labute approximate surface area is 584 Å². The van der Waals surface area contributed by atoms with Crippen LogP contribution in [0.1, 0.15) is 109 Å². The van der Waals surface area contributed by atoms with E-state index in [0.29, 0.717) is 86.4 Å². The second-order valence-corrected chi connectivity index (χ2v) is 27.9. The number of para-hydroxylation sites is 1. The molecule has 0 radical (unpaired) electrons. The number of aromatic nitrogens is 7. The van der Waals surface area contributed by atoms with Gasteiger partial charge in [0.25, 0.3) is 21.1 Å². The second-order valence-electron chi connectivity index (χ2n) is 24.3. The zero-order chi connectivity index (χ0) is 74.8. The average Bonchev–Trinajstić information content (AvgIpc) is 1.56. The van der Waals surface area contributed by atoms with E-state index in [-0.39, 0.29) is 38.2 Å². The van der Waals surface area contributed by atoms with Gasteiger partial charge in [0.2, 0.25) is 5.88 Å². The number of aryl methyl sites for hydroxylation is 4. The van der Waals surface area contributed by atoms with Gasteiger partial charge in [0.1, 0.15) is 28.4 Å². The first-order chi connectivity index (χ1) is 48.1. The first kappa shape index (κ1) is 77.1. The molecule has 0 saturated heterocycles. The molecule has 0 spiro atoms.